The van der Waals surface area contributed by atoms with E-state index >= 15 is 0 Å². The first-order valence-electron chi connectivity index (χ1n) is 5.26. The van der Waals surface area contributed by atoms with Gasteiger partial charge in [0.25, 0.3) is 0 Å². The number of thioether (sulfide) groups is 1. The number of hydrogen-bond donors (Lipinski definition) is 0. The van der Waals surface area contributed by atoms with Gasteiger partial charge in [0.05, 0.1) is 0 Å². The highest BCUT2D eigenvalue weighted by molar-refractivity contribution is 7.98. The van der Waals surface area contributed by atoms with Crippen LogP contribution in [-0.4, -0.2) is 6.26 Å². The van der Waals surface area contributed by atoms with Gasteiger partial charge < -0.3 is 0 Å². The van der Waals surface area contributed by atoms with Crippen molar-refractivity contribution in [3.63, 3.8) is 0 Å². The predicted molar refractivity (Wildman–Crippen MR) is 73.6 cm³/mol. The molecule has 0 spiro atoms. The van der Waals surface area contributed by atoms with Crippen LogP contribution in [0.2, 0.25) is 0 Å². The van der Waals surface area contributed by atoms with E-state index in [1.165, 1.54) is 16.0 Å². The van der Waals surface area contributed by atoms with E-state index in [2.05, 4.69) is 66.9 Å². The maximum atomic E-state index is 2.17. The Morgan fingerprint density at radius 3 is 2.25 bits per heavy atom. The summed E-state index contributed by atoms with van der Waals surface area (Å²) in [5.74, 6) is 0. The molecule has 1 heteroatoms. The molecule has 0 nitrogen and oxygen atoms in total. The van der Waals surface area contributed by atoms with E-state index in [9.17, 15) is 0 Å². The van der Waals surface area contributed by atoms with Gasteiger partial charge in [0.1, 0.15) is 0 Å². The Morgan fingerprint density at radius 1 is 0.812 bits per heavy atom. The Labute approximate surface area is 101 Å². The van der Waals surface area contributed by atoms with Crippen LogP contribution in [0.1, 0.15) is 11.1 Å². The zero-order valence-electron chi connectivity index (χ0n) is 9.26. The van der Waals surface area contributed by atoms with Crippen molar-refractivity contribution in [3.05, 3.63) is 65.7 Å². The molecule has 0 heterocycles. The molecule has 2 rings (SSSR count). The maximum absolute atomic E-state index is 2.17. The van der Waals surface area contributed by atoms with Crippen molar-refractivity contribution in [2.75, 3.05) is 6.26 Å². The fraction of sp³-hybridized carbons (Fsp3) is 0.0667. The smallest absolute Gasteiger partial charge is 0.0142 e. The lowest BCUT2D eigenvalue weighted by molar-refractivity contribution is 1.43. The molecule has 0 aromatic heterocycles. The standard InChI is InChI=1S/C15H14S/c1-16-15-10-6-5-9-14(15)12-11-13-7-3-2-4-8-13/h2-12H,1H3. The molecular weight excluding hydrogens is 212 g/mol. The molecule has 80 valence electrons. The van der Waals surface area contributed by atoms with Crippen molar-refractivity contribution in [2.24, 2.45) is 0 Å². The van der Waals surface area contributed by atoms with Crippen LogP contribution in [0.4, 0.5) is 0 Å². The monoisotopic (exact) mass is 226 g/mol. The quantitative estimate of drug-likeness (QED) is 0.545. The molecule has 16 heavy (non-hydrogen) atoms. The minimum atomic E-state index is 1.23. The summed E-state index contributed by atoms with van der Waals surface area (Å²) in [7, 11) is 0. The molecule has 0 unspecified atom stereocenters. The molecule has 0 radical (unpaired) electrons. The fourth-order valence-corrected chi connectivity index (χ4v) is 2.14. The lowest BCUT2D eigenvalue weighted by atomic mass is 10.1. The Kier molecular flexibility index (Phi) is 3.84. The Balaban J connectivity index is 2.24. The van der Waals surface area contributed by atoms with Crippen LogP contribution in [0, 0.1) is 0 Å². The molecule has 0 saturated heterocycles. The van der Waals surface area contributed by atoms with Crippen LogP contribution in [0.5, 0.6) is 0 Å². The molecule has 2 aromatic carbocycles. The normalized spacial score (nSPS) is 10.8. The lowest BCUT2D eigenvalue weighted by Gasteiger charge is -2.01. The van der Waals surface area contributed by atoms with E-state index in [-0.39, 0.29) is 0 Å². The average Bonchev–Trinajstić information content (AvgIpc) is 2.38. The van der Waals surface area contributed by atoms with Crippen LogP contribution in [0.3, 0.4) is 0 Å². The topological polar surface area (TPSA) is 0 Å². The van der Waals surface area contributed by atoms with Crippen molar-refractivity contribution in [2.45, 2.75) is 4.90 Å². The Morgan fingerprint density at radius 2 is 1.50 bits per heavy atom. The van der Waals surface area contributed by atoms with Gasteiger partial charge in [-0.15, -0.1) is 11.8 Å². The summed E-state index contributed by atoms with van der Waals surface area (Å²) in [6.45, 7) is 0. The van der Waals surface area contributed by atoms with Crippen LogP contribution < -0.4 is 0 Å². The number of benzene rings is 2. The molecule has 0 saturated carbocycles. The second kappa shape index (κ2) is 5.57. The van der Waals surface area contributed by atoms with Gasteiger partial charge in [-0.3, -0.25) is 0 Å². The molecular formula is C15H14S. The van der Waals surface area contributed by atoms with Crippen molar-refractivity contribution in [1.29, 1.82) is 0 Å². The Hall–Kier alpha value is -1.47. The van der Waals surface area contributed by atoms with Crippen LogP contribution >= 0.6 is 11.8 Å². The van der Waals surface area contributed by atoms with Crippen LogP contribution in [-0.2, 0) is 0 Å². The molecule has 2 aromatic rings. The van der Waals surface area contributed by atoms with E-state index in [1.807, 2.05) is 6.07 Å². The summed E-state index contributed by atoms with van der Waals surface area (Å²) in [6, 6.07) is 18.8. The van der Waals surface area contributed by atoms with Gasteiger partial charge in [0.2, 0.25) is 0 Å². The van der Waals surface area contributed by atoms with Gasteiger partial charge in [-0.05, 0) is 23.4 Å². The molecule has 0 aliphatic carbocycles. The van der Waals surface area contributed by atoms with Gasteiger partial charge in [0, 0.05) is 4.90 Å². The first-order valence-corrected chi connectivity index (χ1v) is 6.49. The second-order valence-corrected chi connectivity index (χ2v) is 4.33. The molecule has 0 aliphatic rings. The van der Waals surface area contributed by atoms with E-state index in [0.29, 0.717) is 0 Å². The SMILES string of the molecule is CSc1ccccc1C=Cc1ccccc1. The van der Waals surface area contributed by atoms with Gasteiger partial charge >= 0.3 is 0 Å². The zero-order valence-corrected chi connectivity index (χ0v) is 10.1. The summed E-state index contributed by atoms with van der Waals surface area (Å²) >= 11 is 1.78. The number of rotatable bonds is 3. The summed E-state index contributed by atoms with van der Waals surface area (Å²) in [6.07, 6.45) is 6.42. The Bertz CT molecular complexity index is 472. The van der Waals surface area contributed by atoms with Gasteiger partial charge in [0.15, 0.2) is 0 Å². The summed E-state index contributed by atoms with van der Waals surface area (Å²) in [5.41, 5.74) is 2.51. The highest BCUT2D eigenvalue weighted by Gasteiger charge is 1.95. The van der Waals surface area contributed by atoms with Crippen molar-refractivity contribution < 1.29 is 0 Å². The van der Waals surface area contributed by atoms with E-state index in [1.54, 1.807) is 11.8 Å². The highest BCUT2D eigenvalue weighted by Crippen LogP contribution is 2.21. The van der Waals surface area contributed by atoms with Crippen molar-refractivity contribution in [3.8, 4) is 0 Å². The van der Waals surface area contributed by atoms with Crippen LogP contribution in [0.15, 0.2) is 59.5 Å². The zero-order chi connectivity index (χ0) is 11.2. The van der Waals surface area contributed by atoms with Gasteiger partial charge in [-0.25, -0.2) is 0 Å². The van der Waals surface area contributed by atoms with E-state index in [0.717, 1.165) is 0 Å². The number of hydrogen-bond acceptors (Lipinski definition) is 1. The predicted octanol–water partition coefficient (Wildman–Crippen LogP) is 4.58. The minimum absolute atomic E-state index is 1.23. The van der Waals surface area contributed by atoms with Crippen molar-refractivity contribution >= 4 is 23.9 Å². The first kappa shape index (κ1) is 11.0. The van der Waals surface area contributed by atoms with Gasteiger partial charge in [-0.1, -0.05) is 60.7 Å². The first-order chi connectivity index (χ1) is 7.90. The minimum Gasteiger partial charge on any atom is -0.129 e. The largest absolute Gasteiger partial charge is 0.129 e. The van der Waals surface area contributed by atoms with Crippen LogP contribution in [0.25, 0.3) is 12.2 Å². The molecule has 0 atom stereocenters. The summed E-state index contributed by atoms with van der Waals surface area (Å²) < 4.78 is 0. The lowest BCUT2D eigenvalue weighted by Crippen LogP contribution is -1.77. The molecule has 0 fully saturated rings. The maximum Gasteiger partial charge on any atom is 0.0142 e. The molecule has 0 N–H and O–H groups in total. The van der Waals surface area contributed by atoms with E-state index in [4.69, 9.17) is 0 Å². The molecule has 0 aliphatic heterocycles. The summed E-state index contributed by atoms with van der Waals surface area (Å²) in [5, 5.41) is 0. The average molecular weight is 226 g/mol. The summed E-state index contributed by atoms with van der Waals surface area (Å²) in [4.78, 5) is 1.31. The van der Waals surface area contributed by atoms with E-state index < -0.39 is 0 Å². The molecule has 0 amide bonds. The molecule has 0 bridgehead atoms. The van der Waals surface area contributed by atoms with Crippen molar-refractivity contribution in [1.82, 2.24) is 0 Å². The highest BCUT2D eigenvalue weighted by atomic mass is 32.2. The third kappa shape index (κ3) is 2.77. The fourth-order valence-electron chi connectivity index (χ4n) is 1.55. The van der Waals surface area contributed by atoms with Gasteiger partial charge in [-0.2, -0.15) is 0 Å². The third-order valence-corrected chi connectivity index (χ3v) is 3.21. The second-order valence-electron chi connectivity index (χ2n) is 3.49. The third-order valence-electron chi connectivity index (χ3n) is 2.39.